The first kappa shape index (κ1) is 20.0. The van der Waals surface area contributed by atoms with E-state index in [9.17, 15) is 19.6 Å². The van der Waals surface area contributed by atoms with E-state index < -0.39 is 35.5 Å². The van der Waals surface area contributed by atoms with E-state index in [1.165, 1.54) is 0 Å². The summed E-state index contributed by atoms with van der Waals surface area (Å²) in [6.45, 7) is 1.37. The molecular formula is C21H24N4O5. The van der Waals surface area contributed by atoms with Crippen molar-refractivity contribution in [3.05, 3.63) is 23.8 Å². The Morgan fingerprint density at radius 1 is 1.23 bits per heavy atom. The van der Waals surface area contributed by atoms with E-state index in [2.05, 4.69) is 16.7 Å². The molecule has 0 spiro atoms. The summed E-state index contributed by atoms with van der Waals surface area (Å²) in [6, 6.07) is 6.95. The second-order valence-corrected chi connectivity index (χ2v) is 8.32. The molecule has 1 saturated carbocycles. The smallest absolute Gasteiger partial charge is 0.325 e. The minimum Gasteiger partial charge on any atom is -0.454 e. The van der Waals surface area contributed by atoms with Crippen molar-refractivity contribution in [1.29, 1.82) is 5.26 Å². The van der Waals surface area contributed by atoms with Crippen molar-refractivity contribution in [2.24, 2.45) is 0 Å². The SMILES string of the molecule is C[C@@]1(Cc2ccc3c(c2)OCO3)NC(=O)N(CC(=O)NC2(C#N)CCCCC2)C1=O. The van der Waals surface area contributed by atoms with Crippen LogP contribution in [0.25, 0.3) is 0 Å². The number of nitriles is 1. The van der Waals surface area contributed by atoms with Crippen LogP contribution in [0, 0.1) is 11.3 Å². The summed E-state index contributed by atoms with van der Waals surface area (Å²) >= 11 is 0. The summed E-state index contributed by atoms with van der Waals surface area (Å²) in [4.78, 5) is 38.9. The van der Waals surface area contributed by atoms with Crippen LogP contribution in [-0.4, -0.2) is 47.2 Å². The lowest BCUT2D eigenvalue weighted by atomic mass is 9.83. The van der Waals surface area contributed by atoms with Crippen LogP contribution in [-0.2, 0) is 16.0 Å². The van der Waals surface area contributed by atoms with E-state index in [4.69, 9.17) is 9.47 Å². The molecule has 1 aromatic carbocycles. The zero-order valence-electron chi connectivity index (χ0n) is 16.8. The number of fused-ring (bicyclic) bond motifs is 1. The van der Waals surface area contributed by atoms with Crippen LogP contribution in [0.2, 0.25) is 0 Å². The van der Waals surface area contributed by atoms with Crippen molar-refractivity contribution < 1.29 is 23.9 Å². The predicted octanol–water partition coefficient (Wildman–Crippen LogP) is 1.61. The molecule has 3 aliphatic rings. The van der Waals surface area contributed by atoms with Crippen LogP contribution in [0.3, 0.4) is 0 Å². The maximum absolute atomic E-state index is 13.0. The third-order valence-electron chi connectivity index (χ3n) is 5.94. The number of amides is 4. The molecule has 158 valence electrons. The van der Waals surface area contributed by atoms with Crippen molar-refractivity contribution in [1.82, 2.24) is 15.5 Å². The van der Waals surface area contributed by atoms with Crippen molar-refractivity contribution in [2.75, 3.05) is 13.3 Å². The third-order valence-corrected chi connectivity index (χ3v) is 5.94. The first-order chi connectivity index (χ1) is 14.3. The fourth-order valence-electron chi connectivity index (χ4n) is 4.34. The number of ether oxygens (including phenoxy) is 2. The van der Waals surface area contributed by atoms with Crippen LogP contribution in [0.5, 0.6) is 11.5 Å². The molecule has 30 heavy (non-hydrogen) atoms. The summed E-state index contributed by atoms with van der Waals surface area (Å²) in [6.07, 6.45) is 4.17. The molecule has 0 aromatic heterocycles. The van der Waals surface area contributed by atoms with Crippen LogP contribution < -0.4 is 20.1 Å². The van der Waals surface area contributed by atoms with Gasteiger partial charge >= 0.3 is 6.03 Å². The Morgan fingerprint density at radius 2 is 1.97 bits per heavy atom. The number of carbonyl (C=O) groups is 3. The van der Waals surface area contributed by atoms with Gasteiger partial charge in [0, 0.05) is 6.42 Å². The first-order valence-corrected chi connectivity index (χ1v) is 10.1. The molecule has 4 amide bonds. The lowest BCUT2D eigenvalue weighted by Gasteiger charge is -2.32. The largest absolute Gasteiger partial charge is 0.454 e. The lowest BCUT2D eigenvalue weighted by Crippen LogP contribution is -2.52. The number of urea groups is 1. The molecule has 9 nitrogen and oxygen atoms in total. The number of imide groups is 1. The van der Waals surface area contributed by atoms with Gasteiger partial charge in [-0.3, -0.25) is 14.5 Å². The Labute approximate surface area is 174 Å². The standard InChI is InChI=1S/C21H24N4O5/c1-20(10-14-5-6-15-16(9-14)30-13-29-15)18(27)25(19(28)24-20)11-17(26)23-21(12-22)7-3-2-4-8-21/h5-6,9H,2-4,7-8,10-11,13H2,1H3,(H,23,26)(H,24,28)/t20-/m0/s1. The highest BCUT2D eigenvalue weighted by molar-refractivity contribution is 6.09. The van der Waals surface area contributed by atoms with E-state index in [0.717, 1.165) is 29.7 Å². The highest BCUT2D eigenvalue weighted by atomic mass is 16.7. The second-order valence-electron chi connectivity index (χ2n) is 8.32. The van der Waals surface area contributed by atoms with Crippen molar-refractivity contribution in [2.45, 2.75) is 56.5 Å². The average molecular weight is 412 g/mol. The molecule has 1 atom stereocenters. The van der Waals surface area contributed by atoms with Gasteiger partial charge in [-0.25, -0.2) is 4.79 Å². The molecule has 2 aliphatic heterocycles. The van der Waals surface area contributed by atoms with Crippen molar-refractivity contribution in [3.63, 3.8) is 0 Å². The Bertz CT molecular complexity index is 934. The normalized spacial score (nSPS) is 24.3. The third kappa shape index (κ3) is 3.65. The summed E-state index contributed by atoms with van der Waals surface area (Å²) in [5, 5.41) is 15.0. The lowest BCUT2D eigenvalue weighted by molar-refractivity contribution is -0.135. The molecule has 2 heterocycles. The molecular weight excluding hydrogens is 388 g/mol. The number of benzene rings is 1. The quantitative estimate of drug-likeness (QED) is 0.709. The van der Waals surface area contributed by atoms with E-state index in [1.54, 1.807) is 19.1 Å². The number of rotatable bonds is 5. The minimum atomic E-state index is -1.18. The molecule has 9 heteroatoms. The van der Waals surface area contributed by atoms with Crippen LogP contribution in [0.15, 0.2) is 18.2 Å². The topological polar surface area (TPSA) is 121 Å². The van der Waals surface area contributed by atoms with Gasteiger partial charge in [0.05, 0.1) is 6.07 Å². The predicted molar refractivity (Wildman–Crippen MR) is 104 cm³/mol. The van der Waals surface area contributed by atoms with E-state index >= 15 is 0 Å². The summed E-state index contributed by atoms with van der Waals surface area (Å²) in [5.74, 6) is 0.251. The summed E-state index contributed by atoms with van der Waals surface area (Å²) in [7, 11) is 0. The Morgan fingerprint density at radius 3 is 2.70 bits per heavy atom. The number of carbonyl (C=O) groups excluding carboxylic acids is 3. The maximum Gasteiger partial charge on any atom is 0.325 e. The zero-order valence-corrected chi connectivity index (χ0v) is 16.8. The highest BCUT2D eigenvalue weighted by Gasteiger charge is 2.48. The van der Waals surface area contributed by atoms with Gasteiger partial charge in [0.1, 0.15) is 17.6 Å². The molecule has 2 N–H and O–H groups in total. The molecule has 0 radical (unpaired) electrons. The van der Waals surface area contributed by atoms with E-state index in [-0.39, 0.29) is 13.2 Å². The fraction of sp³-hybridized carbons (Fsp3) is 0.524. The van der Waals surface area contributed by atoms with Crippen LogP contribution in [0.1, 0.15) is 44.6 Å². The fourth-order valence-corrected chi connectivity index (χ4v) is 4.34. The van der Waals surface area contributed by atoms with Gasteiger partial charge < -0.3 is 20.1 Å². The average Bonchev–Trinajstić information content (AvgIpc) is 3.26. The van der Waals surface area contributed by atoms with Gasteiger partial charge in [-0.05, 0) is 37.5 Å². The van der Waals surface area contributed by atoms with Crippen molar-refractivity contribution in [3.8, 4) is 17.6 Å². The van der Waals surface area contributed by atoms with Gasteiger partial charge in [-0.15, -0.1) is 0 Å². The van der Waals surface area contributed by atoms with Gasteiger partial charge in [-0.2, -0.15) is 5.26 Å². The zero-order chi connectivity index (χ0) is 21.4. The van der Waals surface area contributed by atoms with Crippen molar-refractivity contribution >= 4 is 17.8 Å². The Hall–Kier alpha value is -3.28. The number of nitrogens with zero attached hydrogens (tertiary/aromatic N) is 2. The van der Waals surface area contributed by atoms with Gasteiger partial charge in [-0.1, -0.05) is 25.3 Å². The Kier molecular flexibility index (Phi) is 5.02. The number of nitrogens with one attached hydrogen (secondary N) is 2. The molecule has 2 fully saturated rings. The molecule has 1 aliphatic carbocycles. The summed E-state index contributed by atoms with van der Waals surface area (Å²) < 4.78 is 10.7. The van der Waals surface area contributed by atoms with Gasteiger partial charge in [0.25, 0.3) is 5.91 Å². The number of hydrogen-bond donors (Lipinski definition) is 2. The minimum absolute atomic E-state index is 0.152. The maximum atomic E-state index is 13.0. The molecule has 0 bridgehead atoms. The second kappa shape index (κ2) is 7.52. The molecule has 1 saturated heterocycles. The summed E-state index contributed by atoms with van der Waals surface area (Å²) in [5.41, 5.74) is -1.29. The first-order valence-electron chi connectivity index (χ1n) is 10.1. The molecule has 0 unspecified atom stereocenters. The van der Waals surface area contributed by atoms with Gasteiger partial charge in [0.15, 0.2) is 11.5 Å². The number of hydrogen-bond acceptors (Lipinski definition) is 6. The molecule has 1 aromatic rings. The Balaban J connectivity index is 1.43. The molecule has 4 rings (SSSR count). The van der Waals surface area contributed by atoms with E-state index in [1.807, 2.05) is 6.07 Å². The van der Waals surface area contributed by atoms with Gasteiger partial charge in [0.2, 0.25) is 12.7 Å². The van der Waals surface area contributed by atoms with E-state index in [0.29, 0.717) is 24.3 Å². The van der Waals surface area contributed by atoms with Crippen LogP contribution in [0.4, 0.5) is 4.79 Å². The highest BCUT2D eigenvalue weighted by Crippen LogP contribution is 2.34. The monoisotopic (exact) mass is 412 g/mol. The van der Waals surface area contributed by atoms with Crippen LogP contribution >= 0.6 is 0 Å².